The third-order valence-electron chi connectivity index (χ3n) is 4.19. The summed E-state index contributed by atoms with van der Waals surface area (Å²) in [4.78, 5) is 2.56. The molecule has 1 aliphatic rings. The van der Waals surface area contributed by atoms with Gasteiger partial charge in [-0.3, -0.25) is 0 Å². The third kappa shape index (κ3) is 4.84. The van der Waals surface area contributed by atoms with Crippen LogP contribution in [0.4, 0.5) is 0 Å². The largest absolute Gasteiger partial charge is 0.328 e. The highest BCUT2D eigenvalue weighted by Crippen LogP contribution is 2.28. The number of hydrogen-bond donors (Lipinski definition) is 1. The average Bonchev–Trinajstić information content (AvgIpc) is 2.28. The highest BCUT2D eigenvalue weighted by molar-refractivity contribution is 4.77. The van der Waals surface area contributed by atoms with Crippen molar-refractivity contribution in [3.8, 4) is 0 Å². The van der Waals surface area contributed by atoms with Gasteiger partial charge < -0.3 is 10.6 Å². The maximum absolute atomic E-state index is 5.77. The van der Waals surface area contributed by atoms with Crippen LogP contribution in [0.5, 0.6) is 0 Å². The molecule has 1 rings (SSSR count). The average molecular weight is 226 g/mol. The van der Waals surface area contributed by atoms with E-state index in [0.717, 1.165) is 18.4 Å². The second kappa shape index (κ2) is 7.29. The molecule has 1 fully saturated rings. The fraction of sp³-hybridized carbons (Fsp3) is 1.00. The van der Waals surface area contributed by atoms with Gasteiger partial charge in [0.1, 0.15) is 0 Å². The molecular weight excluding hydrogens is 196 g/mol. The Morgan fingerprint density at radius 3 is 2.38 bits per heavy atom. The Labute approximate surface area is 102 Å². The molecule has 0 saturated heterocycles. The van der Waals surface area contributed by atoms with Crippen LogP contribution in [0, 0.1) is 5.92 Å². The molecule has 1 saturated carbocycles. The lowest BCUT2D eigenvalue weighted by atomic mass is 9.84. The smallest absolute Gasteiger partial charge is 0.00924 e. The van der Waals surface area contributed by atoms with Crippen LogP contribution in [0.1, 0.15) is 58.8 Å². The number of nitrogens with two attached hydrogens (primary N) is 1. The maximum atomic E-state index is 5.77. The summed E-state index contributed by atoms with van der Waals surface area (Å²) in [6.07, 6.45) is 9.50. The lowest BCUT2D eigenvalue weighted by Crippen LogP contribution is -2.36. The van der Waals surface area contributed by atoms with Crippen LogP contribution >= 0.6 is 0 Å². The Balaban J connectivity index is 2.15. The van der Waals surface area contributed by atoms with Crippen molar-refractivity contribution in [1.29, 1.82) is 0 Å². The van der Waals surface area contributed by atoms with Crippen molar-refractivity contribution in [1.82, 2.24) is 4.90 Å². The van der Waals surface area contributed by atoms with Crippen LogP contribution < -0.4 is 5.73 Å². The van der Waals surface area contributed by atoms with Crippen LogP contribution in [-0.4, -0.2) is 30.6 Å². The van der Waals surface area contributed by atoms with Crippen LogP contribution in [-0.2, 0) is 0 Å². The molecule has 0 aromatic rings. The summed E-state index contributed by atoms with van der Waals surface area (Å²) in [6.45, 7) is 5.66. The lowest BCUT2D eigenvalue weighted by Gasteiger charge is -2.34. The summed E-state index contributed by atoms with van der Waals surface area (Å²) >= 11 is 0. The number of rotatable bonds is 6. The molecule has 96 valence electrons. The van der Waals surface area contributed by atoms with Crippen molar-refractivity contribution in [2.24, 2.45) is 11.7 Å². The zero-order valence-corrected chi connectivity index (χ0v) is 11.4. The lowest BCUT2D eigenvalue weighted by molar-refractivity contribution is 0.161. The molecule has 1 aliphatic carbocycles. The molecular formula is C14H30N2. The SMILES string of the molecule is CCC1CCC(N(C)CCCC(C)N)CC1. The fourth-order valence-corrected chi connectivity index (χ4v) is 2.84. The maximum Gasteiger partial charge on any atom is 0.00924 e. The molecule has 1 atom stereocenters. The molecule has 16 heavy (non-hydrogen) atoms. The zero-order valence-electron chi connectivity index (χ0n) is 11.4. The molecule has 0 aromatic carbocycles. The summed E-state index contributed by atoms with van der Waals surface area (Å²) in [5.41, 5.74) is 5.77. The minimum atomic E-state index is 0.365. The van der Waals surface area contributed by atoms with Gasteiger partial charge in [-0.25, -0.2) is 0 Å². The van der Waals surface area contributed by atoms with E-state index in [2.05, 4.69) is 25.8 Å². The van der Waals surface area contributed by atoms with Gasteiger partial charge in [-0.05, 0) is 65.0 Å². The van der Waals surface area contributed by atoms with Crippen molar-refractivity contribution in [3.05, 3.63) is 0 Å². The second-order valence-corrected chi connectivity index (χ2v) is 5.68. The molecule has 0 radical (unpaired) electrons. The number of nitrogens with zero attached hydrogens (tertiary/aromatic N) is 1. The fourth-order valence-electron chi connectivity index (χ4n) is 2.84. The molecule has 0 amide bonds. The van der Waals surface area contributed by atoms with Gasteiger partial charge >= 0.3 is 0 Å². The molecule has 2 nitrogen and oxygen atoms in total. The first-order valence-electron chi connectivity index (χ1n) is 7.09. The van der Waals surface area contributed by atoms with Gasteiger partial charge in [0.05, 0.1) is 0 Å². The van der Waals surface area contributed by atoms with E-state index < -0.39 is 0 Å². The zero-order chi connectivity index (χ0) is 12.0. The van der Waals surface area contributed by atoms with Gasteiger partial charge in [0, 0.05) is 12.1 Å². The van der Waals surface area contributed by atoms with Crippen molar-refractivity contribution >= 4 is 0 Å². The van der Waals surface area contributed by atoms with E-state index in [-0.39, 0.29) is 0 Å². The topological polar surface area (TPSA) is 29.3 Å². The van der Waals surface area contributed by atoms with E-state index in [1.807, 2.05) is 0 Å². The second-order valence-electron chi connectivity index (χ2n) is 5.68. The van der Waals surface area contributed by atoms with Crippen molar-refractivity contribution in [2.75, 3.05) is 13.6 Å². The molecule has 2 heteroatoms. The van der Waals surface area contributed by atoms with Crippen LogP contribution in [0.15, 0.2) is 0 Å². The van der Waals surface area contributed by atoms with Crippen molar-refractivity contribution in [2.45, 2.75) is 70.9 Å². The minimum Gasteiger partial charge on any atom is -0.328 e. The van der Waals surface area contributed by atoms with E-state index in [1.54, 1.807) is 0 Å². The van der Waals surface area contributed by atoms with E-state index in [1.165, 1.54) is 45.1 Å². The normalized spacial score (nSPS) is 28.3. The van der Waals surface area contributed by atoms with Gasteiger partial charge in [-0.2, -0.15) is 0 Å². The molecule has 1 unspecified atom stereocenters. The van der Waals surface area contributed by atoms with Crippen molar-refractivity contribution in [3.63, 3.8) is 0 Å². The summed E-state index contributed by atoms with van der Waals surface area (Å²) in [7, 11) is 2.29. The molecule has 0 heterocycles. The minimum absolute atomic E-state index is 0.365. The standard InChI is InChI=1S/C14H30N2/c1-4-13-7-9-14(10-8-13)16(3)11-5-6-12(2)15/h12-14H,4-11,15H2,1-3H3. The predicted octanol–water partition coefficient (Wildman–Crippen LogP) is 3.01. The van der Waals surface area contributed by atoms with Crippen LogP contribution in [0.25, 0.3) is 0 Å². The Morgan fingerprint density at radius 2 is 1.88 bits per heavy atom. The predicted molar refractivity (Wildman–Crippen MR) is 71.6 cm³/mol. The molecule has 0 aromatic heterocycles. The Hall–Kier alpha value is -0.0800. The van der Waals surface area contributed by atoms with E-state index in [0.29, 0.717) is 6.04 Å². The van der Waals surface area contributed by atoms with E-state index in [4.69, 9.17) is 5.73 Å². The van der Waals surface area contributed by atoms with E-state index in [9.17, 15) is 0 Å². The van der Waals surface area contributed by atoms with Gasteiger partial charge in [-0.15, -0.1) is 0 Å². The van der Waals surface area contributed by atoms with Gasteiger partial charge in [0.2, 0.25) is 0 Å². The van der Waals surface area contributed by atoms with Gasteiger partial charge in [0.15, 0.2) is 0 Å². The van der Waals surface area contributed by atoms with Crippen molar-refractivity contribution < 1.29 is 0 Å². The molecule has 2 N–H and O–H groups in total. The first kappa shape index (κ1) is 14.0. The first-order chi connectivity index (χ1) is 7.63. The third-order valence-corrected chi connectivity index (χ3v) is 4.19. The Morgan fingerprint density at radius 1 is 1.25 bits per heavy atom. The Bertz CT molecular complexity index is 172. The highest BCUT2D eigenvalue weighted by Gasteiger charge is 2.22. The Kier molecular flexibility index (Phi) is 6.37. The monoisotopic (exact) mass is 226 g/mol. The highest BCUT2D eigenvalue weighted by atomic mass is 15.1. The van der Waals surface area contributed by atoms with Gasteiger partial charge in [-0.1, -0.05) is 13.3 Å². The van der Waals surface area contributed by atoms with E-state index >= 15 is 0 Å². The molecule has 0 aliphatic heterocycles. The quantitative estimate of drug-likeness (QED) is 0.754. The van der Waals surface area contributed by atoms with Crippen LogP contribution in [0.3, 0.4) is 0 Å². The summed E-state index contributed by atoms with van der Waals surface area (Å²) in [5.74, 6) is 1.01. The van der Waals surface area contributed by atoms with Crippen LogP contribution in [0.2, 0.25) is 0 Å². The number of hydrogen-bond acceptors (Lipinski definition) is 2. The van der Waals surface area contributed by atoms with Gasteiger partial charge in [0.25, 0.3) is 0 Å². The molecule has 0 spiro atoms. The summed E-state index contributed by atoms with van der Waals surface area (Å²) in [5, 5.41) is 0. The summed E-state index contributed by atoms with van der Waals surface area (Å²) < 4.78 is 0. The molecule has 0 bridgehead atoms. The first-order valence-corrected chi connectivity index (χ1v) is 7.09. The summed E-state index contributed by atoms with van der Waals surface area (Å²) in [6, 6.07) is 1.21.